The van der Waals surface area contributed by atoms with Crippen LogP contribution < -0.4 is 5.32 Å². The standard InChI is InChI=1S/C15H27N3O2/c1-6-8-9-10-12-13(11(3)4)14(17-20-12)16-15(19)18(5)7-2/h11H,6-10H2,1-5H3,(H,16,17,19). The monoisotopic (exact) mass is 281 g/mol. The average Bonchev–Trinajstić information content (AvgIpc) is 2.81. The maximum absolute atomic E-state index is 11.9. The number of carbonyl (C=O) groups is 1. The molecule has 0 aliphatic heterocycles. The normalized spacial score (nSPS) is 10.9. The number of anilines is 1. The smallest absolute Gasteiger partial charge is 0.322 e. The van der Waals surface area contributed by atoms with E-state index < -0.39 is 0 Å². The lowest BCUT2D eigenvalue weighted by Gasteiger charge is -2.15. The molecule has 20 heavy (non-hydrogen) atoms. The van der Waals surface area contributed by atoms with Crippen LogP contribution in [0, 0.1) is 0 Å². The second-order valence-electron chi connectivity index (χ2n) is 5.42. The number of aromatic nitrogens is 1. The van der Waals surface area contributed by atoms with E-state index in [0.717, 1.165) is 24.2 Å². The Labute approximate surface area is 121 Å². The van der Waals surface area contributed by atoms with E-state index >= 15 is 0 Å². The van der Waals surface area contributed by atoms with Crippen LogP contribution in [0.1, 0.15) is 64.2 Å². The minimum atomic E-state index is -0.150. The summed E-state index contributed by atoms with van der Waals surface area (Å²) in [5.74, 6) is 1.75. The Kier molecular flexibility index (Phi) is 6.55. The lowest BCUT2D eigenvalue weighted by molar-refractivity contribution is 0.224. The van der Waals surface area contributed by atoms with Crippen molar-refractivity contribution >= 4 is 11.8 Å². The maximum Gasteiger partial charge on any atom is 0.322 e. The highest BCUT2D eigenvalue weighted by molar-refractivity contribution is 5.89. The molecule has 0 aliphatic carbocycles. The van der Waals surface area contributed by atoms with Crippen molar-refractivity contribution in [3.05, 3.63) is 11.3 Å². The summed E-state index contributed by atoms with van der Waals surface area (Å²) in [5.41, 5.74) is 1.03. The van der Waals surface area contributed by atoms with Crippen LogP contribution in [-0.4, -0.2) is 29.7 Å². The third kappa shape index (κ3) is 4.25. The molecule has 0 bridgehead atoms. The van der Waals surface area contributed by atoms with Gasteiger partial charge >= 0.3 is 6.03 Å². The number of carbonyl (C=O) groups excluding carboxylic acids is 1. The second kappa shape index (κ2) is 7.92. The zero-order valence-electron chi connectivity index (χ0n) is 13.3. The van der Waals surface area contributed by atoms with Crippen molar-refractivity contribution in [3.63, 3.8) is 0 Å². The summed E-state index contributed by atoms with van der Waals surface area (Å²) >= 11 is 0. The first-order chi connectivity index (χ1) is 9.51. The quantitative estimate of drug-likeness (QED) is 0.768. The minimum Gasteiger partial charge on any atom is -0.359 e. The van der Waals surface area contributed by atoms with E-state index in [2.05, 4.69) is 31.2 Å². The largest absolute Gasteiger partial charge is 0.359 e. The van der Waals surface area contributed by atoms with E-state index in [9.17, 15) is 4.79 Å². The van der Waals surface area contributed by atoms with Crippen LogP contribution in [-0.2, 0) is 6.42 Å². The first-order valence-electron chi connectivity index (χ1n) is 7.51. The molecule has 0 aliphatic rings. The molecular weight excluding hydrogens is 254 g/mol. The average molecular weight is 281 g/mol. The van der Waals surface area contributed by atoms with Gasteiger partial charge in [-0.3, -0.25) is 5.32 Å². The van der Waals surface area contributed by atoms with Gasteiger partial charge in [0.1, 0.15) is 5.76 Å². The van der Waals surface area contributed by atoms with Crippen LogP contribution in [0.4, 0.5) is 10.6 Å². The zero-order valence-corrected chi connectivity index (χ0v) is 13.3. The Bertz CT molecular complexity index is 427. The fourth-order valence-corrected chi connectivity index (χ4v) is 2.07. The molecule has 2 amide bonds. The molecule has 0 saturated carbocycles. The van der Waals surface area contributed by atoms with E-state index in [1.807, 2.05) is 6.92 Å². The van der Waals surface area contributed by atoms with Crippen molar-refractivity contribution in [1.29, 1.82) is 0 Å². The highest BCUT2D eigenvalue weighted by Gasteiger charge is 2.21. The van der Waals surface area contributed by atoms with Gasteiger partial charge in [-0.1, -0.05) is 38.8 Å². The van der Waals surface area contributed by atoms with Crippen LogP contribution in [0.3, 0.4) is 0 Å². The molecule has 0 unspecified atom stereocenters. The van der Waals surface area contributed by atoms with Gasteiger partial charge < -0.3 is 9.42 Å². The van der Waals surface area contributed by atoms with Crippen LogP contribution in [0.25, 0.3) is 0 Å². The molecule has 0 atom stereocenters. The van der Waals surface area contributed by atoms with Crippen molar-refractivity contribution in [3.8, 4) is 0 Å². The Morgan fingerprint density at radius 1 is 1.35 bits per heavy atom. The van der Waals surface area contributed by atoms with Crippen molar-refractivity contribution < 1.29 is 9.32 Å². The molecule has 1 aromatic rings. The van der Waals surface area contributed by atoms with Gasteiger partial charge in [-0.2, -0.15) is 0 Å². The molecule has 1 heterocycles. The Balaban J connectivity index is 2.83. The summed E-state index contributed by atoms with van der Waals surface area (Å²) in [6.07, 6.45) is 4.33. The van der Waals surface area contributed by atoms with Crippen molar-refractivity contribution in [2.24, 2.45) is 0 Å². The van der Waals surface area contributed by atoms with Gasteiger partial charge in [-0.25, -0.2) is 4.79 Å². The van der Waals surface area contributed by atoms with E-state index in [-0.39, 0.29) is 11.9 Å². The molecule has 1 aromatic heterocycles. The SMILES string of the molecule is CCCCCc1onc(NC(=O)N(C)CC)c1C(C)C. The third-order valence-corrected chi connectivity index (χ3v) is 3.43. The number of hydrogen-bond donors (Lipinski definition) is 1. The second-order valence-corrected chi connectivity index (χ2v) is 5.42. The number of nitrogens with zero attached hydrogens (tertiary/aromatic N) is 2. The number of aryl methyl sites for hydroxylation is 1. The third-order valence-electron chi connectivity index (χ3n) is 3.43. The number of nitrogens with one attached hydrogen (secondary N) is 1. The molecule has 0 fully saturated rings. The van der Waals surface area contributed by atoms with Crippen molar-refractivity contribution in [2.75, 3.05) is 18.9 Å². The summed E-state index contributed by atoms with van der Waals surface area (Å²) < 4.78 is 5.43. The van der Waals surface area contributed by atoms with Gasteiger partial charge in [0.15, 0.2) is 5.82 Å². The molecule has 0 saturated heterocycles. The number of amides is 2. The fraction of sp³-hybridized carbons (Fsp3) is 0.733. The van der Waals surface area contributed by atoms with Gasteiger partial charge in [-0.15, -0.1) is 0 Å². The molecule has 0 spiro atoms. The van der Waals surface area contributed by atoms with E-state index in [1.54, 1.807) is 11.9 Å². The highest BCUT2D eigenvalue weighted by atomic mass is 16.5. The molecule has 5 heteroatoms. The lowest BCUT2D eigenvalue weighted by Crippen LogP contribution is -2.31. The summed E-state index contributed by atoms with van der Waals surface area (Å²) in [4.78, 5) is 13.5. The first kappa shape index (κ1) is 16.5. The Hall–Kier alpha value is -1.52. The zero-order chi connectivity index (χ0) is 15.1. The van der Waals surface area contributed by atoms with Crippen LogP contribution >= 0.6 is 0 Å². The number of unbranched alkanes of at least 4 members (excludes halogenated alkanes) is 2. The predicted octanol–water partition coefficient (Wildman–Crippen LogP) is 4.01. The molecule has 1 N–H and O–H groups in total. The number of hydrogen-bond acceptors (Lipinski definition) is 3. The molecular formula is C15H27N3O2. The minimum absolute atomic E-state index is 0.150. The Morgan fingerprint density at radius 3 is 2.60 bits per heavy atom. The molecule has 114 valence electrons. The van der Waals surface area contributed by atoms with Crippen LogP contribution in [0.5, 0.6) is 0 Å². The maximum atomic E-state index is 11.9. The fourth-order valence-electron chi connectivity index (χ4n) is 2.07. The highest BCUT2D eigenvalue weighted by Crippen LogP contribution is 2.29. The van der Waals surface area contributed by atoms with Gasteiger partial charge in [-0.05, 0) is 19.3 Å². The summed E-state index contributed by atoms with van der Waals surface area (Å²) in [6.45, 7) is 8.95. The lowest BCUT2D eigenvalue weighted by atomic mass is 10.0. The van der Waals surface area contributed by atoms with Gasteiger partial charge in [0, 0.05) is 25.6 Å². The summed E-state index contributed by atoms with van der Waals surface area (Å²) in [5, 5.41) is 6.87. The molecule has 0 radical (unpaired) electrons. The molecule has 0 aromatic carbocycles. The van der Waals surface area contributed by atoms with E-state index in [1.165, 1.54) is 12.8 Å². The van der Waals surface area contributed by atoms with Gasteiger partial charge in [0.2, 0.25) is 0 Å². The van der Waals surface area contributed by atoms with Crippen LogP contribution in [0.2, 0.25) is 0 Å². The van der Waals surface area contributed by atoms with E-state index in [4.69, 9.17) is 4.52 Å². The first-order valence-corrected chi connectivity index (χ1v) is 7.51. The molecule has 5 nitrogen and oxygen atoms in total. The van der Waals surface area contributed by atoms with Crippen molar-refractivity contribution in [1.82, 2.24) is 10.1 Å². The summed E-state index contributed by atoms with van der Waals surface area (Å²) in [7, 11) is 1.76. The Morgan fingerprint density at radius 2 is 2.05 bits per heavy atom. The summed E-state index contributed by atoms with van der Waals surface area (Å²) in [6, 6.07) is -0.150. The predicted molar refractivity (Wildman–Crippen MR) is 81.1 cm³/mol. The van der Waals surface area contributed by atoms with Gasteiger partial charge in [0.25, 0.3) is 0 Å². The molecule has 1 rings (SSSR count). The van der Waals surface area contributed by atoms with Gasteiger partial charge in [0.05, 0.1) is 0 Å². The van der Waals surface area contributed by atoms with E-state index in [0.29, 0.717) is 12.4 Å². The number of urea groups is 1. The van der Waals surface area contributed by atoms with Crippen molar-refractivity contribution in [2.45, 2.75) is 59.3 Å². The van der Waals surface area contributed by atoms with Crippen LogP contribution in [0.15, 0.2) is 4.52 Å². The topological polar surface area (TPSA) is 58.4 Å². The number of rotatable bonds is 7.